The third-order valence-electron chi connectivity index (χ3n) is 7.13. The molecular weight excluding hydrogens is 507 g/mol. The first-order chi connectivity index (χ1) is 18.5. The van der Waals surface area contributed by atoms with E-state index in [-0.39, 0.29) is 12.1 Å². The van der Waals surface area contributed by atoms with Gasteiger partial charge in [0.15, 0.2) is 0 Å². The fourth-order valence-electron chi connectivity index (χ4n) is 4.95. The van der Waals surface area contributed by atoms with Crippen molar-refractivity contribution in [3.63, 3.8) is 0 Å². The summed E-state index contributed by atoms with van der Waals surface area (Å²) in [6.07, 6.45) is 2.03. The van der Waals surface area contributed by atoms with Crippen LogP contribution in [0.25, 0.3) is 10.9 Å². The van der Waals surface area contributed by atoms with Crippen LogP contribution in [-0.4, -0.2) is 65.3 Å². The van der Waals surface area contributed by atoms with Crippen molar-refractivity contribution in [2.24, 2.45) is 5.16 Å². The summed E-state index contributed by atoms with van der Waals surface area (Å²) in [5, 5.41) is 8.47. The maximum Gasteiger partial charge on any atom is 0.406 e. The third-order valence-corrected chi connectivity index (χ3v) is 7.13. The first kappa shape index (κ1) is 28.8. The van der Waals surface area contributed by atoms with E-state index < -0.39 is 12.7 Å². The molecule has 1 aromatic carbocycles. The van der Waals surface area contributed by atoms with E-state index in [1.165, 1.54) is 4.57 Å². The van der Waals surface area contributed by atoms with Crippen LogP contribution < -0.4 is 5.32 Å². The Labute approximate surface area is 227 Å². The molecule has 212 valence electrons. The topological polar surface area (TPSA) is 56.0 Å². The molecule has 0 radical (unpaired) electrons. The number of likely N-dealkylation sites (tertiary alicyclic amines) is 1. The molecule has 1 unspecified atom stereocenters. The normalized spacial score (nSPS) is 16.5. The average Bonchev–Trinajstić information content (AvgIpc) is 3.47. The highest BCUT2D eigenvalue weighted by atomic mass is 19.4. The van der Waals surface area contributed by atoms with Gasteiger partial charge >= 0.3 is 6.18 Å². The number of rotatable bonds is 11. The number of fused-ring (bicyclic) bond motifs is 1. The minimum atomic E-state index is -4.39. The highest BCUT2D eigenvalue weighted by molar-refractivity contribution is 6.04. The highest BCUT2D eigenvalue weighted by Gasteiger charge is 2.31. The molecule has 0 saturated carbocycles. The molecule has 1 aliphatic rings. The summed E-state index contributed by atoms with van der Waals surface area (Å²) in [5.74, 6) is 0.398. The highest BCUT2D eigenvalue weighted by Crippen LogP contribution is 2.32. The summed E-state index contributed by atoms with van der Waals surface area (Å²) < 4.78 is 49.5. The number of nitrogens with one attached hydrogen (secondary N) is 1. The van der Waals surface area contributed by atoms with Crippen molar-refractivity contribution in [3.8, 4) is 0 Å². The Kier molecular flexibility index (Phi) is 9.07. The molecule has 1 fully saturated rings. The van der Waals surface area contributed by atoms with E-state index in [0.717, 1.165) is 49.1 Å². The molecule has 4 rings (SSSR count). The zero-order valence-electron chi connectivity index (χ0n) is 23.1. The average molecular weight is 546 g/mol. The number of benzene rings is 1. The van der Waals surface area contributed by atoms with Crippen LogP contribution in [0.3, 0.4) is 0 Å². The van der Waals surface area contributed by atoms with Crippen LogP contribution in [-0.2, 0) is 29.1 Å². The van der Waals surface area contributed by atoms with Gasteiger partial charge in [-0.15, -0.1) is 0 Å². The van der Waals surface area contributed by atoms with Gasteiger partial charge in [-0.25, -0.2) is 0 Å². The van der Waals surface area contributed by atoms with Gasteiger partial charge in [0.05, 0.1) is 17.3 Å². The Morgan fingerprint density at radius 3 is 2.67 bits per heavy atom. The van der Waals surface area contributed by atoms with Gasteiger partial charge in [-0.05, 0) is 76.7 Å². The van der Waals surface area contributed by atoms with Crippen LogP contribution in [0.1, 0.15) is 37.9 Å². The summed E-state index contributed by atoms with van der Waals surface area (Å²) in [6.45, 7) is 9.16. The van der Waals surface area contributed by atoms with Gasteiger partial charge in [0.2, 0.25) is 0 Å². The van der Waals surface area contributed by atoms with Crippen molar-refractivity contribution in [2.45, 2.75) is 64.5 Å². The van der Waals surface area contributed by atoms with E-state index in [2.05, 4.69) is 29.0 Å². The van der Waals surface area contributed by atoms with Crippen LogP contribution in [0.4, 0.5) is 18.9 Å². The van der Waals surface area contributed by atoms with Crippen LogP contribution in [0.15, 0.2) is 60.2 Å². The van der Waals surface area contributed by atoms with Gasteiger partial charge < -0.3 is 28.9 Å². The van der Waals surface area contributed by atoms with Crippen molar-refractivity contribution in [2.75, 3.05) is 32.6 Å². The minimum absolute atomic E-state index is 0.0838. The second-order valence-corrected chi connectivity index (χ2v) is 10.4. The lowest BCUT2D eigenvalue weighted by molar-refractivity contribution is -0.139. The van der Waals surface area contributed by atoms with Crippen molar-refractivity contribution < 1.29 is 22.7 Å². The van der Waals surface area contributed by atoms with Crippen LogP contribution >= 0.6 is 0 Å². The molecule has 1 aliphatic heterocycles. The van der Waals surface area contributed by atoms with E-state index in [4.69, 9.17) is 9.57 Å². The molecule has 7 nitrogen and oxygen atoms in total. The molecule has 0 spiro atoms. The molecule has 1 N–H and O–H groups in total. The van der Waals surface area contributed by atoms with Gasteiger partial charge in [0.1, 0.15) is 18.0 Å². The molecule has 0 bridgehead atoms. The number of hydrogen-bond donors (Lipinski definition) is 1. The lowest BCUT2D eigenvalue weighted by Crippen LogP contribution is -2.36. The summed E-state index contributed by atoms with van der Waals surface area (Å²) in [7, 11) is 3.77. The summed E-state index contributed by atoms with van der Waals surface area (Å²) >= 11 is 0. The van der Waals surface area contributed by atoms with Crippen molar-refractivity contribution in [1.29, 1.82) is 0 Å². The number of halogens is 3. The lowest BCUT2D eigenvalue weighted by atomic mass is 10.0. The Bertz CT molecular complexity index is 1300. The maximum atomic E-state index is 13.6. The smallest absolute Gasteiger partial charge is 0.382 e. The SMILES string of the molecule is C=C(Cc1ccn(CC(C)OC)c1)O/N=C(\C)c1cc2c(NC3CCN(C)CC3)cccc2n1CC(F)(F)F. The standard InChI is InChI=1S/C29H38F3N5O2/c1-20(15-23-9-14-36(18-23)17-21(2)38-5)39-34-22(3)28-16-25-26(33-24-10-12-35(4)13-11-24)7-6-8-27(25)37(28)19-29(30,31)32/h6-9,14,16,18,21,24,33H,1,10-13,15,17,19H2,2-5H3/b34-22+. The monoisotopic (exact) mass is 545 g/mol. The quantitative estimate of drug-likeness (QED) is 0.181. The predicted molar refractivity (Wildman–Crippen MR) is 149 cm³/mol. The molecule has 3 heterocycles. The number of nitrogens with zero attached hydrogens (tertiary/aromatic N) is 4. The van der Waals surface area contributed by atoms with Crippen LogP contribution in [0.5, 0.6) is 0 Å². The largest absolute Gasteiger partial charge is 0.406 e. The van der Waals surface area contributed by atoms with E-state index >= 15 is 0 Å². The molecule has 3 aromatic rings. The molecule has 10 heteroatoms. The fourth-order valence-corrected chi connectivity index (χ4v) is 4.95. The van der Waals surface area contributed by atoms with Crippen molar-refractivity contribution >= 4 is 22.3 Å². The van der Waals surface area contributed by atoms with Gasteiger partial charge in [-0.1, -0.05) is 17.8 Å². The molecule has 2 aromatic heterocycles. The van der Waals surface area contributed by atoms with Gasteiger partial charge in [0.25, 0.3) is 0 Å². The minimum Gasteiger partial charge on any atom is -0.382 e. The Morgan fingerprint density at radius 2 is 1.97 bits per heavy atom. The molecule has 0 aliphatic carbocycles. The van der Waals surface area contributed by atoms with E-state index in [9.17, 15) is 13.2 Å². The second-order valence-electron chi connectivity index (χ2n) is 10.4. The van der Waals surface area contributed by atoms with Crippen molar-refractivity contribution in [3.05, 3.63) is 66.3 Å². The molecular formula is C29H38F3N5O2. The van der Waals surface area contributed by atoms with E-state index in [1.807, 2.05) is 36.0 Å². The van der Waals surface area contributed by atoms with E-state index in [1.54, 1.807) is 32.2 Å². The van der Waals surface area contributed by atoms with Gasteiger partial charge in [0, 0.05) is 49.6 Å². The lowest BCUT2D eigenvalue weighted by Gasteiger charge is -2.30. The Morgan fingerprint density at radius 1 is 1.23 bits per heavy atom. The second kappa shape index (κ2) is 12.3. The maximum absolute atomic E-state index is 13.6. The van der Waals surface area contributed by atoms with Crippen LogP contribution in [0.2, 0.25) is 0 Å². The number of hydrogen-bond acceptors (Lipinski definition) is 5. The number of ether oxygens (including phenoxy) is 1. The molecule has 1 saturated heterocycles. The number of methoxy groups -OCH3 is 1. The van der Waals surface area contributed by atoms with Gasteiger partial charge in [-0.3, -0.25) is 0 Å². The summed E-state index contributed by atoms with van der Waals surface area (Å²) in [4.78, 5) is 7.84. The number of oxime groups is 1. The number of piperidine rings is 1. The number of anilines is 1. The summed E-state index contributed by atoms with van der Waals surface area (Å²) in [5.41, 5.74) is 3.02. The fraction of sp³-hybridized carbons (Fsp3) is 0.483. The third kappa shape index (κ3) is 7.67. The zero-order valence-corrected chi connectivity index (χ0v) is 23.1. The Hall–Kier alpha value is -3.24. The van der Waals surface area contributed by atoms with Gasteiger partial charge in [-0.2, -0.15) is 13.2 Å². The Balaban J connectivity index is 1.53. The van der Waals surface area contributed by atoms with E-state index in [0.29, 0.717) is 29.1 Å². The number of allylic oxidation sites excluding steroid dienone is 1. The summed E-state index contributed by atoms with van der Waals surface area (Å²) in [6, 6.07) is 9.43. The molecule has 0 amide bonds. The zero-order chi connectivity index (χ0) is 28.2. The van der Waals surface area contributed by atoms with Crippen LogP contribution in [0, 0.1) is 0 Å². The molecule has 1 atom stereocenters. The molecule has 39 heavy (non-hydrogen) atoms. The first-order valence-corrected chi connectivity index (χ1v) is 13.2. The predicted octanol–water partition coefficient (Wildman–Crippen LogP) is 6.04. The number of alkyl halides is 3. The first-order valence-electron chi connectivity index (χ1n) is 13.2. The van der Waals surface area contributed by atoms with Crippen molar-refractivity contribution in [1.82, 2.24) is 14.0 Å². The number of aromatic nitrogens is 2.